The number of aromatic nitrogens is 4. The molecule has 0 atom stereocenters. The summed E-state index contributed by atoms with van der Waals surface area (Å²) in [6, 6.07) is 12.8. The van der Waals surface area contributed by atoms with Crippen LogP contribution in [0.25, 0.3) is 11.4 Å². The van der Waals surface area contributed by atoms with Crippen LogP contribution in [0.2, 0.25) is 0 Å². The van der Waals surface area contributed by atoms with Crippen molar-refractivity contribution in [1.82, 2.24) is 25.9 Å². The van der Waals surface area contributed by atoms with Gasteiger partial charge in [0.2, 0.25) is 0 Å². The Bertz CT molecular complexity index is 1360. The van der Waals surface area contributed by atoms with Crippen LogP contribution in [0.3, 0.4) is 0 Å². The predicted molar refractivity (Wildman–Crippen MR) is 125 cm³/mol. The number of thiophene rings is 1. The Hall–Kier alpha value is -2.53. The van der Waals surface area contributed by atoms with Gasteiger partial charge in [-0.2, -0.15) is 13.2 Å². The minimum atomic E-state index is -4.38. The molecule has 0 radical (unpaired) electrons. The van der Waals surface area contributed by atoms with Gasteiger partial charge in [0, 0.05) is 9.75 Å². The SMILES string of the molecule is Cc1sc(C)c(C(=O)NC2(c3ccc(-c4nn[n-]n4)cc3)CC2)c1Cc1ccc(C(F)(F)F)cc1.[Na+]. The number of benzene rings is 2. The van der Waals surface area contributed by atoms with E-state index in [0.717, 1.165) is 57.0 Å². The number of amides is 1. The first-order chi connectivity index (χ1) is 16.7. The molecule has 2 aromatic carbocycles. The molecule has 2 aromatic heterocycles. The van der Waals surface area contributed by atoms with Crippen LogP contribution in [0, 0.1) is 13.8 Å². The molecular weight excluding hydrogens is 498 g/mol. The summed E-state index contributed by atoms with van der Waals surface area (Å²) in [5.41, 5.74) is 2.86. The maximum absolute atomic E-state index is 13.5. The molecule has 0 spiro atoms. The van der Waals surface area contributed by atoms with Gasteiger partial charge in [-0.25, -0.2) is 5.10 Å². The standard InChI is InChI=1S/C25H22F3N5OS.Na/c1-14-20(13-16-3-7-19(8-4-16)25(26,27)28)21(15(2)35-14)23(34)29-24(11-12-24)18-9-5-17(6-10-18)22-30-32-33-31-22;/h3-10H,11-13H2,1-2H3,(H2,29,30,31,32,33,34);/q;+1/p-1. The topological polar surface area (TPSA) is 81.9 Å². The predicted octanol–water partition coefficient (Wildman–Crippen LogP) is 2.21. The number of nitrogens with one attached hydrogen (secondary N) is 1. The number of rotatable bonds is 6. The molecule has 1 saturated carbocycles. The zero-order valence-corrected chi connectivity index (χ0v) is 22.8. The van der Waals surface area contributed by atoms with Gasteiger partial charge in [-0.15, -0.1) is 11.3 Å². The van der Waals surface area contributed by atoms with Gasteiger partial charge in [0.1, 0.15) is 0 Å². The van der Waals surface area contributed by atoms with Crippen molar-refractivity contribution >= 4 is 17.2 Å². The minimum Gasteiger partial charge on any atom is -0.342 e. The van der Waals surface area contributed by atoms with E-state index < -0.39 is 17.3 Å². The first kappa shape index (κ1) is 26.5. The van der Waals surface area contributed by atoms with Crippen molar-refractivity contribution in [1.29, 1.82) is 0 Å². The van der Waals surface area contributed by atoms with Crippen molar-refractivity contribution in [3.63, 3.8) is 0 Å². The van der Waals surface area contributed by atoms with Gasteiger partial charge in [-0.05, 0) is 67.5 Å². The molecule has 1 aliphatic carbocycles. The molecule has 0 unspecified atom stereocenters. The Labute approximate surface area is 232 Å². The Morgan fingerprint density at radius 1 is 1.06 bits per heavy atom. The molecule has 1 fully saturated rings. The van der Waals surface area contributed by atoms with E-state index in [4.69, 9.17) is 0 Å². The van der Waals surface area contributed by atoms with Crippen LogP contribution in [0.5, 0.6) is 0 Å². The minimum absolute atomic E-state index is 0. The quantitative estimate of drug-likeness (QED) is 0.395. The zero-order chi connectivity index (χ0) is 24.8. The van der Waals surface area contributed by atoms with E-state index in [2.05, 4.69) is 25.9 Å². The number of carbonyl (C=O) groups excluding carboxylic acids is 1. The Kier molecular flexibility index (Phi) is 7.43. The molecule has 1 N–H and O–H groups in total. The summed E-state index contributed by atoms with van der Waals surface area (Å²) >= 11 is 1.53. The van der Waals surface area contributed by atoms with Crippen molar-refractivity contribution in [2.45, 2.75) is 44.8 Å². The fraction of sp³-hybridized carbons (Fsp3) is 0.280. The molecule has 1 aliphatic rings. The van der Waals surface area contributed by atoms with Gasteiger partial charge in [-0.3, -0.25) is 15.2 Å². The maximum Gasteiger partial charge on any atom is 1.00 e. The van der Waals surface area contributed by atoms with Crippen LogP contribution in [0.4, 0.5) is 13.2 Å². The fourth-order valence-electron chi connectivity index (χ4n) is 4.35. The van der Waals surface area contributed by atoms with Gasteiger partial charge >= 0.3 is 35.7 Å². The molecule has 180 valence electrons. The van der Waals surface area contributed by atoms with Crippen molar-refractivity contribution < 1.29 is 47.5 Å². The number of alkyl halides is 3. The summed E-state index contributed by atoms with van der Waals surface area (Å²) in [6.07, 6.45) is -2.34. The summed E-state index contributed by atoms with van der Waals surface area (Å²) in [6.45, 7) is 3.84. The number of nitrogens with zero attached hydrogens (tertiary/aromatic N) is 4. The fourth-order valence-corrected chi connectivity index (χ4v) is 5.42. The molecule has 0 saturated heterocycles. The van der Waals surface area contributed by atoms with Crippen LogP contribution in [-0.4, -0.2) is 21.3 Å². The summed E-state index contributed by atoms with van der Waals surface area (Å²) < 4.78 is 38.8. The third kappa shape index (κ3) is 5.27. The molecule has 6 nitrogen and oxygen atoms in total. The second kappa shape index (κ2) is 10.1. The smallest absolute Gasteiger partial charge is 0.342 e. The van der Waals surface area contributed by atoms with Crippen molar-refractivity contribution in [2.24, 2.45) is 0 Å². The molecule has 36 heavy (non-hydrogen) atoms. The number of hydrogen-bond acceptors (Lipinski definition) is 5. The first-order valence-electron chi connectivity index (χ1n) is 11.0. The average molecular weight is 520 g/mol. The summed E-state index contributed by atoms with van der Waals surface area (Å²) in [4.78, 5) is 15.3. The molecule has 1 amide bonds. The van der Waals surface area contributed by atoms with Crippen molar-refractivity contribution in [3.8, 4) is 11.4 Å². The van der Waals surface area contributed by atoms with Crippen molar-refractivity contribution in [2.75, 3.05) is 0 Å². The first-order valence-corrected chi connectivity index (χ1v) is 11.8. The molecular formula is C25H21F3N5NaOS. The van der Waals surface area contributed by atoms with E-state index in [1.54, 1.807) is 0 Å². The van der Waals surface area contributed by atoms with Gasteiger partial charge in [0.25, 0.3) is 5.91 Å². The van der Waals surface area contributed by atoms with E-state index in [0.29, 0.717) is 17.8 Å². The van der Waals surface area contributed by atoms with E-state index in [-0.39, 0.29) is 35.5 Å². The second-order valence-electron chi connectivity index (χ2n) is 8.76. The number of carbonyl (C=O) groups is 1. The number of tetrazole rings is 1. The molecule has 5 rings (SSSR count). The van der Waals surface area contributed by atoms with Gasteiger partial charge in [0.15, 0.2) is 0 Å². The summed E-state index contributed by atoms with van der Waals surface area (Å²) in [5, 5.41) is 17.9. The number of halogens is 3. The molecule has 0 bridgehead atoms. The second-order valence-corrected chi connectivity index (χ2v) is 10.2. The average Bonchev–Trinajstić information content (AvgIpc) is 3.26. The number of hydrogen-bond donors (Lipinski definition) is 1. The third-order valence-corrected chi connectivity index (χ3v) is 7.45. The van der Waals surface area contributed by atoms with Crippen LogP contribution in [0.15, 0.2) is 48.5 Å². The van der Waals surface area contributed by atoms with E-state index in [1.165, 1.54) is 23.5 Å². The van der Waals surface area contributed by atoms with Crippen LogP contribution < -0.4 is 40.1 Å². The van der Waals surface area contributed by atoms with Gasteiger partial charge in [0.05, 0.1) is 22.5 Å². The van der Waals surface area contributed by atoms with E-state index in [1.807, 2.05) is 38.1 Å². The Morgan fingerprint density at radius 3 is 2.28 bits per heavy atom. The summed E-state index contributed by atoms with van der Waals surface area (Å²) in [5.74, 6) is 0.283. The Morgan fingerprint density at radius 2 is 1.72 bits per heavy atom. The van der Waals surface area contributed by atoms with E-state index >= 15 is 0 Å². The van der Waals surface area contributed by atoms with Crippen LogP contribution in [0.1, 0.15) is 55.2 Å². The maximum atomic E-state index is 13.5. The molecule has 2 heterocycles. The monoisotopic (exact) mass is 519 g/mol. The summed E-state index contributed by atoms with van der Waals surface area (Å²) in [7, 11) is 0. The third-order valence-electron chi connectivity index (χ3n) is 6.39. The number of aryl methyl sites for hydroxylation is 2. The Balaban J connectivity index is 0.00000304. The zero-order valence-electron chi connectivity index (χ0n) is 20.0. The van der Waals surface area contributed by atoms with Gasteiger partial charge in [-0.1, -0.05) is 36.4 Å². The molecule has 4 aromatic rings. The molecule has 11 heteroatoms. The molecule has 0 aliphatic heterocycles. The van der Waals surface area contributed by atoms with Crippen LogP contribution in [-0.2, 0) is 18.1 Å². The van der Waals surface area contributed by atoms with Crippen molar-refractivity contribution in [3.05, 3.63) is 86.1 Å². The van der Waals surface area contributed by atoms with Crippen LogP contribution >= 0.6 is 11.3 Å². The normalized spacial score (nSPS) is 14.2. The van der Waals surface area contributed by atoms with E-state index in [9.17, 15) is 18.0 Å². The largest absolute Gasteiger partial charge is 1.00 e. The van der Waals surface area contributed by atoms with Gasteiger partial charge < -0.3 is 10.4 Å².